The topological polar surface area (TPSA) is 43.1 Å². The van der Waals surface area contributed by atoms with Gasteiger partial charge in [0, 0.05) is 31.3 Å². The summed E-state index contributed by atoms with van der Waals surface area (Å²) in [5, 5.41) is 2.47. The average molecular weight is 303 g/mol. The van der Waals surface area contributed by atoms with Gasteiger partial charge in [0.25, 0.3) is 0 Å². The van der Waals surface area contributed by atoms with Crippen LogP contribution in [0.4, 0.5) is 0 Å². The SMILES string of the molecule is NC(=O)c1ccccc1-c1cccc2c1sc1ccccc12. The zero-order valence-electron chi connectivity index (χ0n) is 11.7. The summed E-state index contributed by atoms with van der Waals surface area (Å²) in [6, 6.07) is 22.1. The Kier molecular flexibility index (Phi) is 2.94. The first-order valence-electron chi connectivity index (χ1n) is 7.05. The summed E-state index contributed by atoms with van der Waals surface area (Å²) < 4.78 is 2.44. The third-order valence-electron chi connectivity index (χ3n) is 3.89. The van der Waals surface area contributed by atoms with Crippen molar-refractivity contribution in [1.29, 1.82) is 0 Å². The predicted octanol–water partition coefficient (Wildman–Crippen LogP) is 4.82. The molecule has 1 amide bonds. The molecule has 1 aromatic heterocycles. The Morgan fingerprint density at radius 3 is 2.32 bits per heavy atom. The highest BCUT2D eigenvalue weighted by Gasteiger charge is 2.14. The Morgan fingerprint density at radius 1 is 0.773 bits per heavy atom. The van der Waals surface area contributed by atoms with Crippen LogP contribution in [0.2, 0.25) is 0 Å². The number of carbonyl (C=O) groups excluding carboxylic acids is 1. The van der Waals surface area contributed by atoms with Crippen LogP contribution in [0.3, 0.4) is 0 Å². The van der Waals surface area contributed by atoms with E-state index in [0.717, 1.165) is 11.1 Å². The molecule has 0 aliphatic rings. The van der Waals surface area contributed by atoms with E-state index in [0.29, 0.717) is 5.56 Å². The number of nitrogens with two attached hydrogens (primary N) is 1. The highest BCUT2D eigenvalue weighted by molar-refractivity contribution is 7.26. The molecule has 0 atom stereocenters. The van der Waals surface area contributed by atoms with Gasteiger partial charge < -0.3 is 5.73 Å². The smallest absolute Gasteiger partial charge is 0.249 e. The molecule has 0 aliphatic heterocycles. The van der Waals surface area contributed by atoms with Crippen LogP contribution in [0.1, 0.15) is 10.4 Å². The van der Waals surface area contributed by atoms with Gasteiger partial charge in [-0.1, -0.05) is 54.6 Å². The molecule has 0 bridgehead atoms. The quantitative estimate of drug-likeness (QED) is 0.567. The first kappa shape index (κ1) is 13.0. The summed E-state index contributed by atoms with van der Waals surface area (Å²) in [6.07, 6.45) is 0. The van der Waals surface area contributed by atoms with Gasteiger partial charge in [0.15, 0.2) is 0 Å². The van der Waals surface area contributed by atoms with Gasteiger partial charge in [-0.3, -0.25) is 4.79 Å². The molecular weight excluding hydrogens is 290 g/mol. The largest absolute Gasteiger partial charge is 0.366 e. The van der Waals surface area contributed by atoms with Crippen LogP contribution in [-0.4, -0.2) is 5.91 Å². The molecule has 0 saturated carbocycles. The third-order valence-corrected chi connectivity index (χ3v) is 5.11. The lowest BCUT2D eigenvalue weighted by Crippen LogP contribution is -2.12. The van der Waals surface area contributed by atoms with Crippen molar-refractivity contribution >= 4 is 37.4 Å². The number of fused-ring (bicyclic) bond motifs is 3. The van der Waals surface area contributed by atoms with E-state index < -0.39 is 5.91 Å². The summed E-state index contributed by atoms with van der Waals surface area (Å²) in [4.78, 5) is 11.7. The molecule has 4 rings (SSSR count). The average Bonchev–Trinajstić information content (AvgIpc) is 2.93. The van der Waals surface area contributed by atoms with Crippen molar-refractivity contribution in [2.75, 3.05) is 0 Å². The zero-order valence-corrected chi connectivity index (χ0v) is 12.6. The Balaban J connectivity index is 2.10. The normalized spacial score (nSPS) is 11.1. The second-order valence-electron chi connectivity index (χ2n) is 5.19. The molecule has 0 fully saturated rings. The van der Waals surface area contributed by atoms with E-state index in [2.05, 4.69) is 36.4 Å². The molecular formula is C19H13NOS. The summed E-state index contributed by atoms with van der Waals surface area (Å²) >= 11 is 1.75. The lowest BCUT2D eigenvalue weighted by atomic mass is 9.98. The maximum atomic E-state index is 11.7. The summed E-state index contributed by atoms with van der Waals surface area (Å²) in [5.41, 5.74) is 8.06. The molecule has 0 spiro atoms. The molecule has 3 aromatic carbocycles. The molecule has 4 aromatic rings. The van der Waals surface area contributed by atoms with Crippen molar-refractivity contribution in [1.82, 2.24) is 0 Å². The van der Waals surface area contributed by atoms with E-state index >= 15 is 0 Å². The number of amides is 1. The number of rotatable bonds is 2. The number of carbonyl (C=O) groups is 1. The summed E-state index contributed by atoms with van der Waals surface area (Å²) in [6.45, 7) is 0. The Hall–Kier alpha value is -2.65. The molecule has 0 aliphatic carbocycles. The fourth-order valence-electron chi connectivity index (χ4n) is 2.89. The fourth-order valence-corrected chi connectivity index (χ4v) is 4.12. The monoisotopic (exact) mass is 303 g/mol. The van der Waals surface area contributed by atoms with E-state index in [1.807, 2.05) is 24.3 Å². The molecule has 3 heteroatoms. The van der Waals surface area contributed by atoms with E-state index in [9.17, 15) is 4.79 Å². The van der Waals surface area contributed by atoms with Gasteiger partial charge in [0.05, 0.1) is 0 Å². The standard InChI is InChI=1S/C19H13NOS/c20-19(21)16-8-2-1-6-12(16)14-9-5-10-15-13-7-3-4-11-17(13)22-18(14)15/h1-11H,(H2,20,21). The van der Waals surface area contributed by atoms with Gasteiger partial charge in [-0.25, -0.2) is 0 Å². The van der Waals surface area contributed by atoms with Gasteiger partial charge in [0.2, 0.25) is 5.91 Å². The molecule has 0 saturated heterocycles. The molecule has 1 heterocycles. The highest BCUT2D eigenvalue weighted by atomic mass is 32.1. The van der Waals surface area contributed by atoms with Crippen LogP contribution in [-0.2, 0) is 0 Å². The van der Waals surface area contributed by atoms with Gasteiger partial charge in [-0.2, -0.15) is 0 Å². The maximum absolute atomic E-state index is 11.7. The van der Waals surface area contributed by atoms with Crippen LogP contribution in [0, 0.1) is 0 Å². The summed E-state index contributed by atoms with van der Waals surface area (Å²) in [7, 11) is 0. The van der Waals surface area contributed by atoms with Crippen LogP contribution < -0.4 is 5.73 Å². The lowest BCUT2D eigenvalue weighted by Gasteiger charge is -2.08. The van der Waals surface area contributed by atoms with Gasteiger partial charge >= 0.3 is 0 Å². The maximum Gasteiger partial charge on any atom is 0.249 e. The molecule has 106 valence electrons. The van der Waals surface area contributed by atoms with Crippen molar-refractivity contribution in [3.63, 3.8) is 0 Å². The molecule has 2 N–H and O–H groups in total. The minimum atomic E-state index is -0.395. The number of benzene rings is 3. The Morgan fingerprint density at radius 2 is 1.45 bits per heavy atom. The molecule has 2 nitrogen and oxygen atoms in total. The van der Waals surface area contributed by atoms with Crippen LogP contribution in [0.25, 0.3) is 31.3 Å². The van der Waals surface area contributed by atoms with E-state index in [-0.39, 0.29) is 0 Å². The first-order valence-corrected chi connectivity index (χ1v) is 7.87. The lowest BCUT2D eigenvalue weighted by molar-refractivity contribution is 0.100. The number of hydrogen-bond donors (Lipinski definition) is 1. The minimum absolute atomic E-state index is 0.395. The predicted molar refractivity (Wildman–Crippen MR) is 93.3 cm³/mol. The van der Waals surface area contributed by atoms with Crippen molar-refractivity contribution < 1.29 is 4.79 Å². The van der Waals surface area contributed by atoms with Crippen molar-refractivity contribution in [3.05, 3.63) is 72.3 Å². The zero-order chi connectivity index (χ0) is 15.1. The van der Waals surface area contributed by atoms with Gasteiger partial charge in [-0.05, 0) is 17.7 Å². The molecule has 22 heavy (non-hydrogen) atoms. The molecule has 0 radical (unpaired) electrons. The van der Waals surface area contributed by atoms with E-state index in [1.165, 1.54) is 20.2 Å². The van der Waals surface area contributed by atoms with E-state index in [4.69, 9.17) is 5.73 Å². The van der Waals surface area contributed by atoms with Gasteiger partial charge in [-0.15, -0.1) is 11.3 Å². The van der Waals surface area contributed by atoms with Crippen molar-refractivity contribution in [3.8, 4) is 11.1 Å². The van der Waals surface area contributed by atoms with Crippen molar-refractivity contribution in [2.24, 2.45) is 5.73 Å². The number of hydrogen-bond acceptors (Lipinski definition) is 2. The van der Waals surface area contributed by atoms with Crippen LogP contribution >= 0.6 is 11.3 Å². The number of primary amides is 1. The number of thiophene rings is 1. The fraction of sp³-hybridized carbons (Fsp3) is 0. The van der Waals surface area contributed by atoms with E-state index in [1.54, 1.807) is 17.4 Å². The minimum Gasteiger partial charge on any atom is -0.366 e. The van der Waals surface area contributed by atoms with Crippen LogP contribution in [0.15, 0.2) is 66.7 Å². The second kappa shape index (κ2) is 4.97. The Labute approximate surface area is 131 Å². The highest BCUT2D eigenvalue weighted by Crippen LogP contribution is 2.40. The van der Waals surface area contributed by atoms with Crippen LogP contribution in [0.5, 0.6) is 0 Å². The summed E-state index contributed by atoms with van der Waals surface area (Å²) in [5.74, 6) is -0.395. The van der Waals surface area contributed by atoms with Crippen molar-refractivity contribution in [2.45, 2.75) is 0 Å². The first-order chi connectivity index (χ1) is 10.8. The Bertz CT molecular complexity index is 1020. The van der Waals surface area contributed by atoms with Gasteiger partial charge in [0.1, 0.15) is 0 Å². The third kappa shape index (κ3) is 1.90. The molecule has 0 unspecified atom stereocenters. The second-order valence-corrected chi connectivity index (χ2v) is 6.24.